The van der Waals surface area contributed by atoms with Gasteiger partial charge in [0, 0.05) is 68.7 Å². The predicted molar refractivity (Wildman–Crippen MR) is 124 cm³/mol. The normalized spacial score (nSPS) is 17.1. The third-order valence-electron chi connectivity index (χ3n) is 5.97. The Hall–Kier alpha value is -2.78. The molecule has 3 amide bonds. The Morgan fingerprint density at radius 1 is 1.09 bits per heavy atom. The molecule has 0 spiro atoms. The Bertz CT molecular complexity index is 966. The minimum atomic E-state index is -0.206. The van der Waals surface area contributed by atoms with E-state index in [1.807, 2.05) is 34.1 Å². The zero-order valence-electron chi connectivity index (χ0n) is 18.4. The zero-order chi connectivity index (χ0) is 22.5. The number of nitrogens with zero attached hydrogens (tertiary/aromatic N) is 4. The number of benzene rings is 1. The minimum absolute atomic E-state index is 0.0551. The van der Waals surface area contributed by atoms with Crippen LogP contribution in [0.3, 0.4) is 0 Å². The van der Waals surface area contributed by atoms with Crippen molar-refractivity contribution in [2.45, 2.75) is 19.3 Å². The number of hydrogen-bond donors (Lipinski definition) is 1. The molecule has 8 nitrogen and oxygen atoms in total. The second-order valence-electron chi connectivity index (χ2n) is 8.30. The van der Waals surface area contributed by atoms with Gasteiger partial charge in [-0.1, -0.05) is 12.1 Å². The van der Waals surface area contributed by atoms with E-state index in [4.69, 9.17) is 0 Å². The summed E-state index contributed by atoms with van der Waals surface area (Å²) in [6.45, 7) is 5.29. The van der Waals surface area contributed by atoms with E-state index in [0.717, 1.165) is 56.1 Å². The quantitative estimate of drug-likeness (QED) is 0.645. The maximum Gasteiger partial charge on any atom is 0.270 e. The summed E-state index contributed by atoms with van der Waals surface area (Å²) in [7, 11) is 2.07. The van der Waals surface area contributed by atoms with Gasteiger partial charge in [0.1, 0.15) is 10.7 Å². The molecule has 0 radical (unpaired) electrons. The first kappa shape index (κ1) is 22.4. The number of likely N-dealkylation sites (tertiary alicyclic amines) is 1. The van der Waals surface area contributed by atoms with Crippen LogP contribution >= 0.6 is 11.3 Å². The molecule has 32 heavy (non-hydrogen) atoms. The van der Waals surface area contributed by atoms with Gasteiger partial charge in [-0.2, -0.15) is 0 Å². The lowest BCUT2D eigenvalue weighted by atomic mass is 10.1. The topological polar surface area (TPSA) is 85.8 Å². The monoisotopic (exact) mass is 455 g/mol. The molecule has 0 bridgehead atoms. The number of rotatable bonds is 7. The molecule has 4 rings (SSSR count). The highest BCUT2D eigenvalue weighted by Gasteiger charge is 2.21. The number of carbonyl (C=O) groups is 3. The lowest BCUT2D eigenvalue weighted by Crippen LogP contribution is -2.47. The minimum Gasteiger partial charge on any atom is -0.351 e. The standard InChI is InChI=1S/C23H29N5O3S/c1-26-12-14-28(15-13-26)23(31)18-7-5-17(6-8-18)22-25-19(16-32-22)21(30)24-9-3-11-27-10-2-4-20(27)29/h5-8,16H,2-4,9-15H2,1H3,(H,24,30). The van der Waals surface area contributed by atoms with Gasteiger partial charge >= 0.3 is 0 Å². The van der Waals surface area contributed by atoms with E-state index in [1.165, 1.54) is 11.3 Å². The van der Waals surface area contributed by atoms with Crippen LogP contribution in [0.2, 0.25) is 0 Å². The molecular formula is C23H29N5O3S. The fourth-order valence-corrected chi connectivity index (χ4v) is 4.77. The Kier molecular flexibility index (Phi) is 7.16. The third-order valence-corrected chi connectivity index (χ3v) is 6.86. The van der Waals surface area contributed by atoms with E-state index in [9.17, 15) is 14.4 Å². The summed E-state index contributed by atoms with van der Waals surface area (Å²) >= 11 is 1.41. The molecule has 1 aromatic heterocycles. The molecule has 1 N–H and O–H groups in total. The number of carbonyl (C=O) groups excluding carboxylic acids is 3. The highest BCUT2D eigenvalue weighted by molar-refractivity contribution is 7.13. The third kappa shape index (κ3) is 5.34. The number of likely N-dealkylation sites (N-methyl/N-ethyl adjacent to an activating group) is 1. The van der Waals surface area contributed by atoms with Crippen molar-refractivity contribution in [2.24, 2.45) is 0 Å². The molecule has 2 aliphatic rings. The number of amides is 3. The summed E-state index contributed by atoms with van der Waals surface area (Å²) in [4.78, 5) is 47.1. The lowest BCUT2D eigenvalue weighted by Gasteiger charge is -2.32. The van der Waals surface area contributed by atoms with Crippen LogP contribution in [0.4, 0.5) is 0 Å². The van der Waals surface area contributed by atoms with E-state index in [-0.39, 0.29) is 17.7 Å². The fraction of sp³-hybridized carbons (Fsp3) is 0.478. The average Bonchev–Trinajstić information content (AvgIpc) is 3.46. The van der Waals surface area contributed by atoms with E-state index in [2.05, 4.69) is 22.2 Å². The van der Waals surface area contributed by atoms with Crippen molar-refractivity contribution in [2.75, 3.05) is 52.9 Å². The molecule has 0 unspecified atom stereocenters. The van der Waals surface area contributed by atoms with Gasteiger partial charge in [0.05, 0.1) is 0 Å². The SMILES string of the molecule is CN1CCN(C(=O)c2ccc(-c3nc(C(=O)NCCCN4CCCC4=O)cs3)cc2)CC1. The van der Waals surface area contributed by atoms with Crippen molar-refractivity contribution in [3.8, 4) is 10.6 Å². The molecule has 0 atom stereocenters. The molecule has 1 aromatic carbocycles. The van der Waals surface area contributed by atoms with Crippen molar-refractivity contribution in [3.63, 3.8) is 0 Å². The number of hydrogen-bond acceptors (Lipinski definition) is 6. The first-order chi connectivity index (χ1) is 15.5. The molecule has 2 aromatic rings. The summed E-state index contributed by atoms with van der Waals surface area (Å²) in [5.41, 5.74) is 1.95. The Morgan fingerprint density at radius 2 is 1.84 bits per heavy atom. The largest absolute Gasteiger partial charge is 0.351 e. The lowest BCUT2D eigenvalue weighted by molar-refractivity contribution is -0.127. The fourth-order valence-electron chi connectivity index (χ4n) is 3.96. The summed E-state index contributed by atoms with van der Waals surface area (Å²) in [5.74, 6) is 0.0540. The van der Waals surface area contributed by atoms with Crippen molar-refractivity contribution in [1.29, 1.82) is 0 Å². The number of piperazine rings is 1. The molecular weight excluding hydrogens is 426 g/mol. The summed E-state index contributed by atoms with van der Waals surface area (Å²) in [6, 6.07) is 7.43. The molecule has 3 heterocycles. The summed E-state index contributed by atoms with van der Waals surface area (Å²) < 4.78 is 0. The van der Waals surface area contributed by atoms with Crippen molar-refractivity contribution in [3.05, 3.63) is 40.9 Å². The van der Waals surface area contributed by atoms with Crippen LogP contribution in [-0.2, 0) is 4.79 Å². The Balaban J connectivity index is 1.28. The summed E-state index contributed by atoms with van der Waals surface area (Å²) in [6.07, 6.45) is 2.30. The van der Waals surface area contributed by atoms with E-state index in [0.29, 0.717) is 30.8 Å². The Morgan fingerprint density at radius 3 is 2.53 bits per heavy atom. The van der Waals surface area contributed by atoms with Crippen LogP contribution in [0, 0.1) is 0 Å². The zero-order valence-corrected chi connectivity index (χ0v) is 19.2. The van der Waals surface area contributed by atoms with Gasteiger partial charge in [0.15, 0.2) is 0 Å². The smallest absolute Gasteiger partial charge is 0.270 e. The van der Waals surface area contributed by atoms with E-state index in [1.54, 1.807) is 5.38 Å². The van der Waals surface area contributed by atoms with Crippen molar-refractivity contribution < 1.29 is 14.4 Å². The molecule has 2 aliphatic heterocycles. The highest BCUT2D eigenvalue weighted by atomic mass is 32.1. The molecule has 0 aliphatic carbocycles. The molecule has 0 saturated carbocycles. The highest BCUT2D eigenvalue weighted by Crippen LogP contribution is 2.24. The van der Waals surface area contributed by atoms with E-state index >= 15 is 0 Å². The van der Waals surface area contributed by atoms with Crippen molar-refractivity contribution >= 4 is 29.1 Å². The van der Waals surface area contributed by atoms with Gasteiger partial charge in [0.25, 0.3) is 11.8 Å². The van der Waals surface area contributed by atoms with Gasteiger partial charge in [-0.15, -0.1) is 11.3 Å². The second-order valence-corrected chi connectivity index (χ2v) is 9.16. The van der Waals surface area contributed by atoms with Gasteiger partial charge in [0.2, 0.25) is 5.91 Å². The Labute approximate surface area is 192 Å². The maximum atomic E-state index is 12.7. The van der Waals surface area contributed by atoms with Gasteiger partial charge in [-0.05, 0) is 32.0 Å². The first-order valence-electron chi connectivity index (χ1n) is 11.1. The van der Waals surface area contributed by atoms with Crippen LogP contribution in [0.5, 0.6) is 0 Å². The van der Waals surface area contributed by atoms with Crippen LogP contribution in [0.25, 0.3) is 10.6 Å². The van der Waals surface area contributed by atoms with Crippen LogP contribution in [0.1, 0.15) is 40.1 Å². The average molecular weight is 456 g/mol. The number of nitrogens with one attached hydrogen (secondary N) is 1. The van der Waals surface area contributed by atoms with Crippen LogP contribution < -0.4 is 5.32 Å². The summed E-state index contributed by atoms with van der Waals surface area (Å²) in [5, 5.41) is 5.37. The molecule has 170 valence electrons. The number of thiazole rings is 1. The molecule has 2 fully saturated rings. The first-order valence-corrected chi connectivity index (χ1v) is 12.0. The van der Waals surface area contributed by atoms with E-state index < -0.39 is 0 Å². The van der Waals surface area contributed by atoms with Crippen LogP contribution in [-0.4, -0.2) is 90.3 Å². The molecule has 2 saturated heterocycles. The van der Waals surface area contributed by atoms with Crippen LogP contribution in [0.15, 0.2) is 29.6 Å². The molecule has 9 heteroatoms. The van der Waals surface area contributed by atoms with Gasteiger partial charge < -0.3 is 20.0 Å². The predicted octanol–water partition coefficient (Wildman–Crippen LogP) is 1.94. The van der Waals surface area contributed by atoms with Gasteiger partial charge in [-0.3, -0.25) is 14.4 Å². The second kappa shape index (κ2) is 10.2. The maximum absolute atomic E-state index is 12.7. The van der Waals surface area contributed by atoms with Crippen molar-refractivity contribution in [1.82, 2.24) is 25.0 Å². The number of aromatic nitrogens is 1. The van der Waals surface area contributed by atoms with Gasteiger partial charge in [-0.25, -0.2) is 4.98 Å².